The molecule has 3 nitrogen and oxygen atoms in total. The number of nitrogens with zero attached hydrogens (tertiary/aromatic N) is 1. The summed E-state index contributed by atoms with van der Waals surface area (Å²) in [4.78, 5) is 18.0. The Morgan fingerprint density at radius 3 is 2.58 bits per heavy atom. The predicted octanol–water partition coefficient (Wildman–Crippen LogP) is 6.82. The summed E-state index contributed by atoms with van der Waals surface area (Å²) < 4.78 is 6.55. The summed E-state index contributed by atoms with van der Waals surface area (Å²) in [5.41, 5.74) is 5.52. The molecule has 0 saturated carbocycles. The van der Waals surface area contributed by atoms with Crippen LogP contribution in [0.25, 0.3) is 28.6 Å². The number of carbonyl (C=O) groups excluding carboxylic acids is 1. The molecule has 2 heterocycles. The SMILES string of the molecule is CCOC(=O)C(=C1SCCCS1)c1cc(/C=C/c2ccccc2)nc2ccc(C)cc12. The molecule has 1 aromatic heterocycles. The Kier molecular flexibility index (Phi) is 7.15. The fourth-order valence-corrected chi connectivity index (χ4v) is 6.12. The third-order valence-electron chi connectivity index (χ3n) is 4.94. The molecule has 1 saturated heterocycles. The van der Waals surface area contributed by atoms with Crippen LogP contribution >= 0.6 is 23.5 Å². The van der Waals surface area contributed by atoms with E-state index in [2.05, 4.69) is 31.2 Å². The topological polar surface area (TPSA) is 39.2 Å². The average Bonchev–Trinajstić information content (AvgIpc) is 2.80. The van der Waals surface area contributed by atoms with E-state index >= 15 is 0 Å². The van der Waals surface area contributed by atoms with Crippen LogP contribution in [0.15, 0.2) is 58.8 Å². The van der Waals surface area contributed by atoms with Crippen LogP contribution in [-0.2, 0) is 9.53 Å². The van der Waals surface area contributed by atoms with Crippen LogP contribution in [0, 0.1) is 6.92 Å². The number of hydrogen-bond acceptors (Lipinski definition) is 5. The molecular formula is C26H25NO2S2. The molecule has 158 valence electrons. The van der Waals surface area contributed by atoms with E-state index < -0.39 is 0 Å². The Morgan fingerprint density at radius 1 is 1.06 bits per heavy atom. The normalized spacial score (nSPS) is 14.2. The lowest BCUT2D eigenvalue weighted by atomic mass is 9.99. The minimum Gasteiger partial charge on any atom is -0.462 e. The molecule has 1 fully saturated rings. The van der Waals surface area contributed by atoms with Gasteiger partial charge in [0.2, 0.25) is 0 Å². The van der Waals surface area contributed by atoms with Gasteiger partial charge < -0.3 is 4.74 Å². The number of fused-ring (bicyclic) bond motifs is 1. The maximum atomic E-state index is 13.1. The van der Waals surface area contributed by atoms with Crippen molar-refractivity contribution in [2.45, 2.75) is 20.3 Å². The molecular weight excluding hydrogens is 422 g/mol. The number of rotatable bonds is 5. The van der Waals surface area contributed by atoms with Gasteiger partial charge in [-0.2, -0.15) is 0 Å². The molecule has 1 aliphatic rings. The number of pyridine rings is 1. The third-order valence-corrected chi connectivity index (χ3v) is 7.56. The highest BCUT2D eigenvalue weighted by Crippen LogP contribution is 2.42. The first kappa shape index (κ1) is 21.7. The number of thioether (sulfide) groups is 2. The second-order valence-electron chi connectivity index (χ2n) is 7.29. The third kappa shape index (κ3) is 5.23. The monoisotopic (exact) mass is 447 g/mol. The smallest absolute Gasteiger partial charge is 0.340 e. The standard InChI is InChI=1S/C26H25NO2S2/c1-3-29-25(28)24(26-30-14-7-15-31-26)22-17-20(12-11-19-8-5-4-6-9-19)27-23-13-10-18(2)16-21(22)23/h4-6,8-13,16-17H,3,7,14-15H2,1-2H3/b12-11+. The van der Waals surface area contributed by atoms with Gasteiger partial charge in [0.05, 0.1) is 27.6 Å². The molecule has 5 heteroatoms. The van der Waals surface area contributed by atoms with Gasteiger partial charge in [0.15, 0.2) is 0 Å². The fraction of sp³-hybridized carbons (Fsp3) is 0.231. The summed E-state index contributed by atoms with van der Waals surface area (Å²) in [6.07, 6.45) is 5.20. The lowest BCUT2D eigenvalue weighted by Gasteiger charge is -2.19. The number of esters is 1. The van der Waals surface area contributed by atoms with E-state index in [1.165, 1.54) is 0 Å². The number of aromatic nitrogens is 1. The molecule has 1 aliphatic heterocycles. The van der Waals surface area contributed by atoms with Gasteiger partial charge in [0.25, 0.3) is 0 Å². The highest BCUT2D eigenvalue weighted by molar-refractivity contribution is 8.23. The first-order valence-electron chi connectivity index (χ1n) is 10.5. The molecule has 0 atom stereocenters. The Bertz CT molecular complexity index is 1140. The summed E-state index contributed by atoms with van der Waals surface area (Å²) in [5, 5.41) is 0.985. The zero-order valence-corrected chi connectivity index (χ0v) is 19.4. The zero-order valence-electron chi connectivity index (χ0n) is 17.8. The van der Waals surface area contributed by atoms with Crippen LogP contribution < -0.4 is 0 Å². The number of carbonyl (C=O) groups is 1. The molecule has 0 unspecified atom stereocenters. The average molecular weight is 448 g/mol. The summed E-state index contributed by atoms with van der Waals surface area (Å²) in [5.74, 6) is 1.79. The minimum absolute atomic E-state index is 0.258. The number of benzene rings is 2. The van der Waals surface area contributed by atoms with Gasteiger partial charge in [-0.15, -0.1) is 23.5 Å². The number of aryl methyl sites for hydroxylation is 1. The Hall–Kier alpha value is -2.50. The minimum atomic E-state index is -0.258. The van der Waals surface area contributed by atoms with Crippen molar-refractivity contribution in [3.8, 4) is 0 Å². The Balaban J connectivity index is 1.90. The van der Waals surface area contributed by atoms with Crippen LogP contribution in [0.1, 0.15) is 35.7 Å². The van der Waals surface area contributed by atoms with Gasteiger partial charge in [0.1, 0.15) is 0 Å². The van der Waals surface area contributed by atoms with E-state index in [1.807, 2.05) is 49.4 Å². The van der Waals surface area contributed by atoms with Gasteiger partial charge in [-0.05, 0) is 61.6 Å². The van der Waals surface area contributed by atoms with E-state index in [1.54, 1.807) is 23.5 Å². The van der Waals surface area contributed by atoms with Gasteiger partial charge in [-0.25, -0.2) is 9.78 Å². The molecule has 0 radical (unpaired) electrons. The summed E-state index contributed by atoms with van der Waals surface area (Å²) in [7, 11) is 0. The fourth-order valence-electron chi connectivity index (χ4n) is 3.48. The van der Waals surface area contributed by atoms with Gasteiger partial charge in [0, 0.05) is 10.9 Å². The molecule has 0 aliphatic carbocycles. The van der Waals surface area contributed by atoms with E-state index in [9.17, 15) is 4.79 Å². The van der Waals surface area contributed by atoms with Gasteiger partial charge in [-0.3, -0.25) is 0 Å². The summed E-state index contributed by atoms with van der Waals surface area (Å²) in [6, 6.07) is 18.4. The first-order chi connectivity index (χ1) is 15.2. The second-order valence-corrected chi connectivity index (χ2v) is 9.76. The van der Waals surface area contributed by atoms with Crippen molar-refractivity contribution in [2.24, 2.45) is 0 Å². The zero-order chi connectivity index (χ0) is 21.6. The van der Waals surface area contributed by atoms with E-state index in [-0.39, 0.29) is 5.97 Å². The van der Waals surface area contributed by atoms with Crippen molar-refractivity contribution >= 4 is 58.1 Å². The Labute approximate surface area is 192 Å². The second kappa shape index (κ2) is 10.2. The van der Waals surface area contributed by atoms with Crippen LogP contribution in [0.5, 0.6) is 0 Å². The first-order valence-corrected chi connectivity index (χ1v) is 12.4. The van der Waals surface area contributed by atoms with Crippen molar-refractivity contribution in [3.63, 3.8) is 0 Å². The highest BCUT2D eigenvalue weighted by Gasteiger charge is 2.24. The van der Waals surface area contributed by atoms with Crippen LogP contribution in [0.4, 0.5) is 0 Å². The molecule has 0 N–H and O–H groups in total. The van der Waals surface area contributed by atoms with E-state index in [0.29, 0.717) is 12.2 Å². The lowest BCUT2D eigenvalue weighted by Crippen LogP contribution is -2.10. The van der Waals surface area contributed by atoms with E-state index in [0.717, 1.165) is 55.5 Å². The molecule has 0 spiro atoms. The van der Waals surface area contributed by atoms with Crippen molar-refractivity contribution in [1.82, 2.24) is 4.98 Å². The summed E-state index contributed by atoms with van der Waals surface area (Å²) >= 11 is 3.50. The molecule has 0 amide bonds. The van der Waals surface area contributed by atoms with E-state index in [4.69, 9.17) is 9.72 Å². The van der Waals surface area contributed by atoms with Crippen molar-refractivity contribution in [2.75, 3.05) is 18.1 Å². The van der Waals surface area contributed by atoms with Crippen molar-refractivity contribution in [1.29, 1.82) is 0 Å². The maximum Gasteiger partial charge on any atom is 0.340 e. The lowest BCUT2D eigenvalue weighted by molar-refractivity contribution is -0.136. The predicted molar refractivity (Wildman–Crippen MR) is 135 cm³/mol. The quantitative estimate of drug-likeness (QED) is 0.317. The van der Waals surface area contributed by atoms with Crippen LogP contribution in [-0.4, -0.2) is 29.1 Å². The van der Waals surface area contributed by atoms with Gasteiger partial charge >= 0.3 is 5.97 Å². The number of hydrogen-bond donors (Lipinski definition) is 0. The number of ether oxygens (including phenoxy) is 1. The molecule has 2 aromatic carbocycles. The van der Waals surface area contributed by atoms with Crippen LogP contribution in [0.3, 0.4) is 0 Å². The maximum absolute atomic E-state index is 13.1. The molecule has 0 bridgehead atoms. The molecule has 31 heavy (non-hydrogen) atoms. The van der Waals surface area contributed by atoms with Crippen molar-refractivity contribution < 1.29 is 9.53 Å². The highest BCUT2D eigenvalue weighted by atomic mass is 32.2. The Morgan fingerprint density at radius 2 is 1.84 bits per heavy atom. The largest absolute Gasteiger partial charge is 0.462 e. The molecule has 4 rings (SSSR count). The van der Waals surface area contributed by atoms with Crippen molar-refractivity contribution in [3.05, 3.63) is 81.2 Å². The molecule has 3 aromatic rings. The van der Waals surface area contributed by atoms with Gasteiger partial charge in [-0.1, -0.05) is 48.0 Å². The summed E-state index contributed by atoms with van der Waals surface area (Å²) in [6.45, 7) is 4.27. The van der Waals surface area contributed by atoms with Crippen LogP contribution in [0.2, 0.25) is 0 Å².